The molecule has 0 saturated carbocycles. The Labute approximate surface area is 166 Å². The maximum atomic E-state index is 11.5. The molecular formula is C16H37IN4O2S. The van der Waals surface area contributed by atoms with E-state index in [1.54, 1.807) is 0 Å². The molecular weight excluding hydrogens is 439 g/mol. The van der Waals surface area contributed by atoms with Crippen LogP contribution in [-0.2, 0) is 10.0 Å². The summed E-state index contributed by atoms with van der Waals surface area (Å²) in [6.45, 7) is 13.0. The van der Waals surface area contributed by atoms with Crippen molar-refractivity contribution < 1.29 is 8.42 Å². The van der Waals surface area contributed by atoms with Crippen molar-refractivity contribution >= 4 is 40.0 Å². The van der Waals surface area contributed by atoms with E-state index in [1.165, 1.54) is 17.0 Å². The first kappa shape index (κ1) is 26.1. The summed E-state index contributed by atoms with van der Waals surface area (Å²) < 4.78 is 24.5. The number of rotatable bonds is 11. The smallest absolute Gasteiger partial charge is 0.211 e. The first-order valence-electron chi connectivity index (χ1n) is 8.70. The Hall–Kier alpha value is -0.0900. The molecule has 2 N–H and O–H groups in total. The Morgan fingerprint density at radius 2 is 1.79 bits per heavy atom. The number of guanidine groups is 1. The Kier molecular flexibility index (Phi) is 15.4. The molecule has 0 aliphatic rings. The molecule has 0 spiro atoms. The van der Waals surface area contributed by atoms with Crippen LogP contribution in [0.15, 0.2) is 4.99 Å². The summed E-state index contributed by atoms with van der Waals surface area (Å²) in [6.07, 6.45) is 4.27. The second-order valence-corrected chi connectivity index (χ2v) is 8.37. The summed E-state index contributed by atoms with van der Waals surface area (Å²) in [5.74, 6) is 1.51. The molecule has 6 nitrogen and oxygen atoms in total. The van der Waals surface area contributed by atoms with Crippen LogP contribution >= 0.6 is 24.0 Å². The minimum absolute atomic E-state index is 0. The zero-order valence-electron chi connectivity index (χ0n) is 16.1. The van der Waals surface area contributed by atoms with Crippen LogP contribution in [0.2, 0.25) is 0 Å². The number of halogens is 1. The highest BCUT2D eigenvalue weighted by Crippen LogP contribution is 2.06. The quantitative estimate of drug-likeness (QED) is 0.208. The molecule has 1 unspecified atom stereocenters. The number of hydrogen-bond donors (Lipinski definition) is 2. The van der Waals surface area contributed by atoms with Gasteiger partial charge in [0.05, 0.1) is 6.26 Å². The molecule has 0 radical (unpaired) electrons. The van der Waals surface area contributed by atoms with E-state index >= 15 is 0 Å². The van der Waals surface area contributed by atoms with Gasteiger partial charge in [-0.1, -0.05) is 20.8 Å². The van der Waals surface area contributed by atoms with Crippen LogP contribution in [0.1, 0.15) is 53.9 Å². The van der Waals surface area contributed by atoms with E-state index in [1.807, 2.05) is 13.8 Å². The van der Waals surface area contributed by atoms with E-state index in [-0.39, 0.29) is 24.0 Å². The molecule has 0 bridgehead atoms. The molecule has 0 amide bonds. The molecule has 0 aliphatic heterocycles. The average molecular weight is 476 g/mol. The summed E-state index contributed by atoms with van der Waals surface area (Å²) in [4.78, 5) is 4.54. The van der Waals surface area contributed by atoms with Crippen molar-refractivity contribution in [2.24, 2.45) is 10.9 Å². The van der Waals surface area contributed by atoms with E-state index in [0.717, 1.165) is 25.3 Å². The van der Waals surface area contributed by atoms with Gasteiger partial charge in [-0.25, -0.2) is 12.7 Å². The summed E-state index contributed by atoms with van der Waals surface area (Å²) in [7, 11) is -3.11. The van der Waals surface area contributed by atoms with Crippen molar-refractivity contribution in [2.75, 3.05) is 32.4 Å². The third-order valence-corrected chi connectivity index (χ3v) is 4.94. The summed E-state index contributed by atoms with van der Waals surface area (Å²) in [5, 5.41) is 6.65. The Balaban J connectivity index is 0. The van der Waals surface area contributed by atoms with Crippen LogP contribution in [-0.4, -0.2) is 57.2 Å². The van der Waals surface area contributed by atoms with Gasteiger partial charge in [0.15, 0.2) is 5.96 Å². The van der Waals surface area contributed by atoms with Gasteiger partial charge in [-0.2, -0.15) is 0 Å². The molecule has 0 aromatic heterocycles. The standard InChI is InChI=1S/C16H36N4O2S.HI/c1-7-17-16(19-15(5)11-10-14(3)4)18-12-9-13-20(8-2)23(6,21)22;/h14-15H,7-13H2,1-6H3,(H2,17,18,19);1H. The van der Waals surface area contributed by atoms with Gasteiger partial charge < -0.3 is 10.6 Å². The number of nitrogens with one attached hydrogen (secondary N) is 2. The number of nitrogens with zero attached hydrogens (tertiary/aromatic N) is 2. The monoisotopic (exact) mass is 476 g/mol. The van der Waals surface area contributed by atoms with E-state index < -0.39 is 10.0 Å². The first-order valence-corrected chi connectivity index (χ1v) is 10.5. The van der Waals surface area contributed by atoms with Crippen LogP contribution in [0.25, 0.3) is 0 Å². The maximum Gasteiger partial charge on any atom is 0.211 e. The van der Waals surface area contributed by atoms with Gasteiger partial charge in [-0.15, -0.1) is 24.0 Å². The van der Waals surface area contributed by atoms with Crippen molar-refractivity contribution in [3.63, 3.8) is 0 Å². The normalized spacial score (nSPS) is 13.8. The maximum absolute atomic E-state index is 11.5. The van der Waals surface area contributed by atoms with Crippen LogP contribution in [0, 0.1) is 5.92 Å². The molecule has 8 heteroatoms. The lowest BCUT2D eigenvalue weighted by Gasteiger charge is -2.19. The molecule has 0 aliphatic carbocycles. The second-order valence-electron chi connectivity index (χ2n) is 6.39. The number of aliphatic imine (C=N–C) groups is 1. The van der Waals surface area contributed by atoms with E-state index in [4.69, 9.17) is 0 Å². The van der Waals surface area contributed by atoms with Gasteiger partial charge >= 0.3 is 0 Å². The fourth-order valence-corrected chi connectivity index (χ4v) is 3.14. The molecule has 1 atom stereocenters. The van der Waals surface area contributed by atoms with Crippen molar-refractivity contribution in [2.45, 2.75) is 59.9 Å². The molecule has 0 saturated heterocycles. The highest BCUT2D eigenvalue weighted by molar-refractivity contribution is 14.0. The highest BCUT2D eigenvalue weighted by Gasteiger charge is 2.13. The Morgan fingerprint density at radius 1 is 1.17 bits per heavy atom. The highest BCUT2D eigenvalue weighted by atomic mass is 127. The predicted octanol–water partition coefficient (Wildman–Crippen LogP) is 2.66. The minimum Gasteiger partial charge on any atom is -0.357 e. The van der Waals surface area contributed by atoms with E-state index in [2.05, 4.69) is 36.4 Å². The Bertz CT molecular complexity index is 441. The van der Waals surface area contributed by atoms with Crippen molar-refractivity contribution in [3.05, 3.63) is 0 Å². The fraction of sp³-hybridized carbons (Fsp3) is 0.938. The van der Waals surface area contributed by atoms with Gasteiger partial charge in [0.25, 0.3) is 0 Å². The van der Waals surface area contributed by atoms with Gasteiger partial charge in [0, 0.05) is 32.2 Å². The fourth-order valence-electron chi connectivity index (χ4n) is 2.21. The summed E-state index contributed by atoms with van der Waals surface area (Å²) in [6, 6.07) is 0.373. The molecule has 146 valence electrons. The molecule has 0 heterocycles. The van der Waals surface area contributed by atoms with Crippen LogP contribution in [0.4, 0.5) is 0 Å². The molecule has 0 rings (SSSR count). The van der Waals surface area contributed by atoms with Crippen molar-refractivity contribution in [1.82, 2.24) is 14.9 Å². The van der Waals surface area contributed by atoms with Gasteiger partial charge in [-0.3, -0.25) is 4.99 Å². The summed E-state index contributed by atoms with van der Waals surface area (Å²) >= 11 is 0. The SMILES string of the molecule is CCNC(=NCCCN(CC)S(C)(=O)=O)NC(C)CCC(C)C.I. The number of hydrogen-bond acceptors (Lipinski definition) is 3. The number of sulfonamides is 1. The molecule has 0 aromatic rings. The largest absolute Gasteiger partial charge is 0.357 e. The lowest BCUT2D eigenvalue weighted by molar-refractivity contribution is 0.427. The molecule has 24 heavy (non-hydrogen) atoms. The van der Waals surface area contributed by atoms with Crippen molar-refractivity contribution in [3.8, 4) is 0 Å². The minimum atomic E-state index is -3.11. The third-order valence-electron chi connectivity index (χ3n) is 3.56. The average Bonchev–Trinajstić information content (AvgIpc) is 2.43. The topological polar surface area (TPSA) is 73.8 Å². The van der Waals surface area contributed by atoms with Crippen molar-refractivity contribution in [1.29, 1.82) is 0 Å². The first-order chi connectivity index (χ1) is 10.7. The molecule has 0 aromatic carbocycles. The lowest BCUT2D eigenvalue weighted by Crippen LogP contribution is -2.42. The zero-order chi connectivity index (χ0) is 17.9. The van der Waals surface area contributed by atoms with Crippen LogP contribution < -0.4 is 10.6 Å². The predicted molar refractivity (Wildman–Crippen MR) is 115 cm³/mol. The zero-order valence-corrected chi connectivity index (χ0v) is 19.3. The third kappa shape index (κ3) is 13.2. The molecule has 0 fully saturated rings. The van der Waals surface area contributed by atoms with Gasteiger partial charge in [0.1, 0.15) is 0 Å². The second kappa shape index (κ2) is 14.1. The van der Waals surface area contributed by atoms with Crippen LogP contribution in [0.5, 0.6) is 0 Å². The van der Waals surface area contributed by atoms with Gasteiger partial charge in [0.2, 0.25) is 10.0 Å². The lowest BCUT2D eigenvalue weighted by atomic mass is 10.0. The van der Waals surface area contributed by atoms with Crippen LogP contribution in [0.3, 0.4) is 0 Å². The summed E-state index contributed by atoms with van der Waals surface area (Å²) in [5.41, 5.74) is 0. The van der Waals surface area contributed by atoms with E-state index in [0.29, 0.717) is 31.6 Å². The van der Waals surface area contributed by atoms with Gasteiger partial charge in [-0.05, 0) is 39.0 Å². The van der Waals surface area contributed by atoms with E-state index in [9.17, 15) is 8.42 Å². The Morgan fingerprint density at radius 3 is 2.25 bits per heavy atom.